The minimum absolute atomic E-state index is 0.0274. The van der Waals surface area contributed by atoms with Gasteiger partial charge < -0.3 is 20.9 Å². The Morgan fingerprint density at radius 2 is 2.03 bits per heavy atom. The lowest BCUT2D eigenvalue weighted by Crippen LogP contribution is -2.38. The largest absolute Gasteiger partial charge is 0.504 e. The fraction of sp³-hybridized carbons (Fsp3) is 0.500. The molecule has 1 aromatic carbocycles. The van der Waals surface area contributed by atoms with Crippen molar-refractivity contribution in [3.05, 3.63) is 52.8 Å². The Kier molecular flexibility index (Phi) is 11.1. The van der Waals surface area contributed by atoms with Crippen molar-refractivity contribution in [2.75, 3.05) is 7.11 Å². The van der Waals surface area contributed by atoms with Crippen LogP contribution in [-0.4, -0.2) is 29.9 Å². The SMILES string of the molecule is CCCCCC(=O)CC(=O)C=Cc1cc(OC)c(O)cc1CC1=CNC(N)C(CCC(C)C)=C1. The van der Waals surface area contributed by atoms with E-state index in [4.69, 9.17) is 10.5 Å². The van der Waals surface area contributed by atoms with Crippen LogP contribution in [0, 0.1) is 5.92 Å². The van der Waals surface area contributed by atoms with Crippen LogP contribution >= 0.6 is 0 Å². The van der Waals surface area contributed by atoms with E-state index in [1.807, 2.05) is 6.20 Å². The second kappa shape index (κ2) is 13.8. The van der Waals surface area contributed by atoms with Crippen LogP contribution in [0.25, 0.3) is 6.08 Å². The summed E-state index contributed by atoms with van der Waals surface area (Å²) in [5.74, 6) is 0.712. The Hall–Kier alpha value is -2.86. The first-order valence-electron chi connectivity index (χ1n) is 12.3. The van der Waals surface area contributed by atoms with Crippen LogP contribution in [0.2, 0.25) is 0 Å². The Morgan fingerprint density at radius 3 is 2.71 bits per heavy atom. The number of allylic oxidation sites excluding steroid dienone is 3. The van der Waals surface area contributed by atoms with Crippen LogP contribution < -0.4 is 15.8 Å². The number of dihydropyridines is 1. The summed E-state index contributed by atoms with van der Waals surface area (Å²) in [6, 6.07) is 3.37. The maximum Gasteiger partial charge on any atom is 0.163 e. The molecule has 4 N–H and O–H groups in total. The van der Waals surface area contributed by atoms with Crippen LogP contribution in [0.3, 0.4) is 0 Å². The minimum atomic E-state index is -0.222. The van der Waals surface area contributed by atoms with Gasteiger partial charge in [-0.3, -0.25) is 9.59 Å². The van der Waals surface area contributed by atoms with Crippen molar-refractivity contribution in [2.45, 2.75) is 78.3 Å². The molecular formula is C28H40N2O4. The number of phenolic OH excluding ortho intramolecular Hbond substituents is 1. The van der Waals surface area contributed by atoms with Gasteiger partial charge in [-0.25, -0.2) is 0 Å². The molecule has 0 spiro atoms. The number of nitrogens with two attached hydrogens (primary N) is 1. The molecule has 1 aliphatic heterocycles. The first-order chi connectivity index (χ1) is 16.2. The molecule has 0 radical (unpaired) electrons. The Labute approximate surface area is 204 Å². The Morgan fingerprint density at radius 1 is 1.26 bits per heavy atom. The summed E-state index contributed by atoms with van der Waals surface area (Å²) in [7, 11) is 1.49. The number of Topliss-reactive ketones (excluding diaryl/α,β-unsaturated/α-hetero) is 1. The number of nitrogens with one attached hydrogen (secondary N) is 1. The average Bonchev–Trinajstić information content (AvgIpc) is 2.79. The molecule has 0 aliphatic carbocycles. The second-order valence-corrected chi connectivity index (χ2v) is 9.39. The summed E-state index contributed by atoms with van der Waals surface area (Å²) in [6.07, 6.45) is 12.7. The lowest BCUT2D eigenvalue weighted by Gasteiger charge is -2.23. The van der Waals surface area contributed by atoms with Crippen molar-refractivity contribution in [3.8, 4) is 11.5 Å². The molecule has 1 heterocycles. The lowest BCUT2D eigenvalue weighted by molar-refractivity contribution is -0.124. The number of aromatic hydroxyl groups is 1. The van der Waals surface area contributed by atoms with Gasteiger partial charge in [0.25, 0.3) is 0 Å². The summed E-state index contributed by atoms with van der Waals surface area (Å²) in [5, 5.41) is 13.6. The minimum Gasteiger partial charge on any atom is -0.504 e. The van der Waals surface area contributed by atoms with Crippen molar-refractivity contribution < 1.29 is 19.4 Å². The summed E-state index contributed by atoms with van der Waals surface area (Å²) in [4.78, 5) is 24.4. The number of unbranched alkanes of at least 4 members (excludes halogenated alkanes) is 2. The van der Waals surface area contributed by atoms with Crippen LogP contribution in [0.1, 0.15) is 76.8 Å². The highest BCUT2D eigenvalue weighted by molar-refractivity contribution is 6.06. The molecular weight excluding hydrogens is 428 g/mol. The van der Waals surface area contributed by atoms with E-state index in [1.165, 1.54) is 13.2 Å². The smallest absolute Gasteiger partial charge is 0.163 e. The highest BCUT2D eigenvalue weighted by atomic mass is 16.5. The predicted octanol–water partition coefficient (Wildman–Crippen LogP) is 5.20. The van der Waals surface area contributed by atoms with Gasteiger partial charge in [-0.1, -0.05) is 45.8 Å². The fourth-order valence-corrected chi connectivity index (χ4v) is 3.87. The molecule has 0 fully saturated rings. The van der Waals surface area contributed by atoms with Crippen LogP contribution in [0.4, 0.5) is 0 Å². The molecule has 0 saturated heterocycles. The number of hydrogen-bond acceptors (Lipinski definition) is 6. The average molecular weight is 469 g/mol. The molecule has 0 amide bonds. The number of methoxy groups -OCH3 is 1. The summed E-state index contributed by atoms with van der Waals surface area (Å²) < 4.78 is 5.26. The molecule has 186 valence electrons. The highest BCUT2D eigenvalue weighted by Gasteiger charge is 2.16. The lowest BCUT2D eigenvalue weighted by atomic mass is 9.93. The number of ketones is 2. The molecule has 34 heavy (non-hydrogen) atoms. The van der Waals surface area contributed by atoms with Gasteiger partial charge in [0, 0.05) is 12.6 Å². The first-order valence-corrected chi connectivity index (χ1v) is 12.3. The maximum absolute atomic E-state index is 12.4. The molecule has 6 heteroatoms. The van der Waals surface area contributed by atoms with E-state index in [1.54, 1.807) is 18.2 Å². The van der Waals surface area contributed by atoms with Gasteiger partial charge in [0.15, 0.2) is 17.3 Å². The predicted molar refractivity (Wildman–Crippen MR) is 138 cm³/mol. The quantitative estimate of drug-likeness (QED) is 0.197. The Bertz CT molecular complexity index is 944. The van der Waals surface area contributed by atoms with Gasteiger partial charge in [0.2, 0.25) is 0 Å². The second-order valence-electron chi connectivity index (χ2n) is 9.39. The molecule has 1 unspecified atom stereocenters. The molecule has 6 nitrogen and oxygen atoms in total. The third-order valence-corrected chi connectivity index (χ3v) is 5.94. The van der Waals surface area contributed by atoms with Crippen molar-refractivity contribution in [3.63, 3.8) is 0 Å². The summed E-state index contributed by atoms with van der Waals surface area (Å²) in [5.41, 5.74) is 10.0. The van der Waals surface area contributed by atoms with Crippen LogP contribution in [0.5, 0.6) is 11.5 Å². The van der Waals surface area contributed by atoms with E-state index in [-0.39, 0.29) is 29.9 Å². The monoisotopic (exact) mass is 468 g/mol. The number of carbonyl (C=O) groups excluding carboxylic acids is 2. The van der Waals surface area contributed by atoms with E-state index in [2.05, 4.69) is 32.2 Å². The molecule has 0 bridgehead atoms. The normalized spacial score (nSPS) is 15.8. The molecule has 1 aromatic rings. The number of benzene rings is 1. The van der Waals surface area contributed by atoms with E-state index in [0.717, 1.165) is 54.4 Å². The van der Waals surface area contributed by atoms with Crippen molar-refractivity contribution in [1.82, 2.24) is 5.32 Å². The van der Waals surface area contributed by atoms with Crippen LogP contribution in [0.15, 0.2) is 41.6 Å². The number of hydrogen-bond donors (Lipinski definition) is 3. The van der Waals surface area contributed by atoms with Gasteiger partial charge in [-0.05, 0) is 72.1 Å². The number of rotatable bonds is 14. The zero-order chi connectivity index (χ0) is 25.1. The van der Waals surface area contributed by atoms with Crippen molar-refractivity contribution >= 4 is 17.6 Å². The van der Waals surface area contributed by atoms with Gasteiger partial charge in [0.05, 0.1) is 19.7 Å². The van der Waals surface area contributed by atoms with E-state index >= 15 is 0 Å². The molecule has 0 aromatic heterocycles. The first kappa shape index (κ1) is 27.4. The number of carbonyl (C=O) groups is 2. The van der Waals surface area contributed by atoms with Gasteiger partial charge in [-0.2, -0.15) is 0 Å². The zero-order valence-electron chi connectivity index (χ0n) is 21.0. The topological polar surface area (TPSA) is 102 Å². The number of phenols is 1. The van der Waals surface area contributed by atoms with Crippen molar-refractivity contribution in [2.24, 2.45) is 11.7 Å². The van der Waals surface area contributed by atoms with Crippen LogP contribution in [-0.2, 0) is 16.0 Å². The fourth-order valence-electron chi connectivity index (χ4n) is 3.87. The summed E-state index contributed by atoms with van der Waals surface area (Å²) >= 11 is 0. The van der Waals surface area contributed by atoms with E-state index in [0.29, 0.717) is 24.5 Å². The number of ether oxygens (including phenoxy) is 1. The standard InChI is InChI=1S/C28H40N2O4/c1-5-6-7-8-24(31)17-25(32)12-11-21-16-27(34-4)26(33)15-23(21)14-20-13-22(10-9-19(2)3)28(29)30-18-20/h11-13,15-16,18-19,28,30,33H,5-10,14,17,29H2,1-4H3. The molecule has 2 rings (SSSR count). The zero-order valence-corrected chi connectivity index (χ0v) is 21.0. The summed E-state index contributed by atoms with van der Waals surface area (Å²) in [6.45, 7) is 6.47. The van der Waals surface area contributed by atoms with Gasteiger partial charge in [-0.15, -0.1) is 0 Å². The van der Waals surface area contributed by atoms with Gasteiger partial charge in [0.1, 0.15) is 5.78 Å². The molecule has 1 atom stereocenters. The third-order valence-electron chi connectivity index (χ3n) is 5.94. The van der Waals surface area contributed by atoms with Crippen molar-refractivity contribution in [1.29, 1.82) is 0 Å². The van der Waals surface area contributed by atoms with E-state index in [9.17, 15) is 14.7 Å². The van der Waals surface area contributed by atoms with Gasteiger partial charge >= 0.3 is 0 Å². The molecule has 1 aliphatic rings. The third kappa shape index (κ3) is 8.82. The molecule has 0 saturated carbocycles. The van der Waals surface area contributed by atoms with E-state index < -0.39 is 0 Å². The maximum atomic E-state index is 12.4. The highest BCUT2D eigenvalue weighted by Crippen LogP contribution is 2.32. The Balaban J connectivity index is 2.18.